The van der Waals surface area contributed by atoms with Crippen LogP contribution in [0.4, 0.5) is 20.6 Å². The SMILES string of the molecule is COCCOCOC[C@H](C)N1C[C@@H](C)[C@H](CN(C)S(=O)(=O)c2ccc(F)cc2)OCCCC[C@H](C)Oc2ccc(NC(=O)Nc3ccccc3)cc2C1=O. The number of para-hydroxylation sites is 1. The highest BCUT2D eigenvalue weighted by molar-refractivity contribution is 7.89. The van der Waals surface area contributed by atoms with Gasteiger partial charge in [0.25, 0.3) is 5.91 Å². The first-order chi connectivity index (χ1) is 25.9. The Morgan fingerprint density at radius 1 is 1.00 bits per heavy atom. The maximum Gasteiger partial charge on any atom is 0.323 e. The van der Waals surface area contributed by atoms with Crippen molar-refractivity contribution in [1.29, 1.82) is 0 Å². The van der Waals surface area contributed by atoms with E-state index in [2.05, 4.69) is 10.6 Å². The number of nitrogens with one attached hydrogen (secondary N) is 2. The van der Waals surface area contributed by atoms with Crippen LogP contribution < -0.4 is 15.4 Å². The van der Waals surface area contributed by atoms with E-state index in [4.69, 9.17) is 23.7 Å². The molecule has 4 rings (SSSR count). The summed E-state index contributed by atoms with van der Waals surface area (Å²) in [4.78, 5) is 29.3. The number of sulfonamides is 1. The lowest BCUT2D eigenvalue weighted by Crippen LogP contribution is -2.48. The minimum atomic E-state index is -3.98. The quantitative estimate of drug-likeness (QED) is 0.144. The van der Waals surface area contributed by atoms with Crippen LogP contribution in [0.15, 0.2) is 77.7 Å². The molecule has 13 nitrogen and oxygen atoms in total. The van der Waals surface area contributed by atoms with Gasteiger partial charge in [-0.3, -0.25) is 4.79 Å². The number of methoxy groups -OCH3 is 1. The molecule has 2 N–H and O–H groups in total. The number of carbonyl (C=O) groups is 2. The molecule has 0 unspecified atom stereocenters. The summed E-state index contributed by atoms with van der Waals surface area (Å²) >= 11 is 0. The van der Waals surface area contributed by atoms with Gasteiger partial charge in [0.15, 0.2) is 0 Å². The van der Waals surface area contributed by atoms with E-state index in [0.29, 0.717) is 49.8 Å². The number of hydrogen-bond donors (Lipinski definition) is 2. The van der Waals surface area contributed by atoms with E-state index in [1.165, 1.54) is 23.5 Å². The van der Waals surface area contributed by atoms with Crippen molar-refractivity contribution in [3.8, 4) is 5.75 Å². The summed E-state index contributed by atoms with van der Waals surface area (Å²) in [5.74, 6) is -0.922. The second kappa shape index (κ2) is 21.1. The first-order valence-corrected chi connectivity index (χ1v) is 19.6. The van der Waals surface area contributed by atoms with Crippen molar-refractivity contribution < 1.29 is 46.1 Å². The van der Waals surface area contributed by atoms with Crippen LogP contribution in [0.1, 0.15) is 50.4 Å². The molecule has 0 saturated carbocycles. The van der Waals surface area contributed by atoms with E-state index < -0.39 is 34.0 Å². The summed E-state index contributed by atoms with van der Waals surface area (Å²) in [6, 6.07) is 17.7. The van der Waals surface area contributed by atoms with Gasteiger partial charge in [-0.25, -0.2) is 17.6 Å². The maximum absolute atomic E-state index is 14.7. The van der Waals surface area contributed by atoms with Gasteiger partial charge in [-0.15, -0.1) is 0 Å². The number of benzene rings is 3. The number of ether oxygens (including phenoxy) is 5. The lowest BCUT2D eigenvalue weighted by atomic mass is 10.0. The molecule has 296 valence electrons. The highest BCUT2D eigenvalue weighted by Gasteiger charge is 2.33. The van der Waals surface area contributed by atoms with Crippen molar-refractivity contribution in [1.82, 2.24) is 9.21 Å². The van der Waals surface area contributed by atoms with Gasteiger partial charge in [0, 0.05) is 51.1 Å². The lowest BCUT2D eigenvalue weighted by Gasteiger charge is -2.36. The van der Waals surface area contributed by atoms with Crippen molar-refractivity contribution in [2.24, 2.45) is 5.92 Å². The normalized spacial score (nSPS) is 19.4. The second-order valence-corrected chi connectivity index (χ2v) is 15.4. The van der Waals surface area contributed by atoms with Crippen molar-refractivity contribution >= 4 is 33.3 Å². The molecule has 3 amide bonds. The number of amides is 3. The number of nitrogens with zero attached hydrogens (tertiary/aromatic N) is 2. The van der Waals surface area contributed by atoms with E-state index in [-0.39, 0.29) is 54.9 Å². The molecule has 0 aliphatic carbocycles. The Morgan fingerprint density at radius 2 is 1.72 bits per heavy atom. The third-order valence-electron chi connectivity index (χ3n) is 8.99. The summed E-state index contributed by atoms with van der Waals surface area (Å²) in [6.45, 7) is 7.06. The Bertz CT molecular complexity index is 1730. The maximum atomic E-state index is 14.7. The third-order valence-corrected chi connectivity index (χ3v) is 10.8. The molecule has 54 heavy (non-hydrogen) atoms. The minimum Gasteiger partial charge on any atom is -0.490 e. The van der Waals surface area contributed by atoms with Crippen LogP contribution in [-0.2, 0) is 29.0 Å². The molecule has 3 aromatic rings. The number of carbonyl (C=O) groups excluding carboxylic acids is 2. The summed E-state index contributed by atoms with van der Waals surface area (Å²) in [7, 11) is -0.943. The van der Waals surface area contributed by atoms with Crippen LogP contribution in [0.2, 0.25) is 0 Å². The Morgan fingerprint density at radius 3 is 2.44 bits per heavy atom. The zero-order chi connectivity index (χ0) is 39.1. The second-order valence-electron chi connectivity index (χ2n) is 13.4. The standard InChI is InChI=1S/C39H53FN4O9S/c1-28-24-44(29(2)26-51-27-50-22-21-49-5)38(45)35-23-33(42-39(46)41-32-12-7-6-8-13-32)16-19-36(35)53-30(3)11-9-10-20-52-37(28)25-43(4)54(47,48)34-17-14-31(40)15-18-34/h6-8,12-19,23,28-30,37H,9-11,20-22,24-27H2,1-5H3,(H2,41,42,46)/t28-,29+,30+,37+/m1/s1. The van der Waals surface area contributed by atoms with E-state index in [1.54, 1.807) is 42.3 Å². The van der Waals surface area contributed by atoms with Gasteiger partial charge in [0.1, 0.15) is 18.4 Å². The molecule has 1 aliphatic heterocycles. The lowest BCUT2D eigenvalue weighted by molar-refractivity contribution is -0.0783. The zero-order valence-corrected chi connectivity index (χ0v) is 32.5. The molecule has 0 fully saturated rings. The number of hydrogen-bond acceptors (Lipinski definition) is 9. The predicted molar refractivity (Wildman–Crippen MR) is 204 cm³/mol. The molecular weight excluding hydrogens is 720 g/mol. The van der Waals surface area contributed by atoms with Gasteiger partial charge in [-0.1, -0.05) is 25.1 Å². The van der Waals surface area contributed by atoms with Crippen LogP contribution in [0.3, 0.4) is 0 Å². The van der Waals surface area contributed by atoms with Crippen LogP contribution in [0, 0.1) is 11.7 Å². The molecule has 4 atom stereocenters. The topological polar surface area (TPSA) is 145 Å². The van der Waals surface area contributed by atoms with Gasteiger partial charge in [-0.2, -0.15) is 4.31 Å². The molecule has 1 heterocycles. The number of rotatable bonds is 14. The van der Waals surface area contributed by atoms with Gasteiger partial charge < -0.3 is 39.2 Å². The van der Waals surface area contributed by atoms with Crippen LogP contribution in [-0.4, -0.2) is 108 Å². The molecule has 15 heteroatoms. The smallest absolute Gasteiger partial charge is 0.323 e. The van der Waals surface area contributed by atoms with Gasteiger partial charge in [-0.05, 0) is 87.7 Å². The monoisotopic (exact) mass is 772 g/mol. The van der Waals surface area contributed by atoms with Crippen molar-refractivity contribution in [3.05, 3.63) is 84.2 Å². The van der Waals surface area contributed by atoms with E-state index >= 15 is 0 Å². The van der Waals surface area contributed by atoms with Crippen LogP contribution >= 0.6 is 0 Å². The van der Waals surface area contributed by atoms with Gasteiger partial charge >= 0.3 is 6.03 Å². The third kappa shape index (κ3) is 12.7. The first kappa shape index (κ1) is 42.6. The van der Waals surface area contributed by atoms with Crippen molar-refractivity contribution in [2.45, 2.75) is 63.2 Å². The number of likely N-dealkylation sites (N-methyl/N-ethyl adjacent to an activating group) is 1. The molecule has 1 aliphatic rings. The Kier molecular flexibility index (Phi) is 16.7. The largest absolute Gasteiger partial charge is 0.490 e. The van der Waals surface area contributed by atoms with Crippen LogP contribution in [0.25, 0.3) is 0 Å². The molecule has 0 radical (unpaired) electrons. The average Bonchev–Trinajstić information content (AvgIpc) is 3.14. The number of fused-ring (bicyclic) bond motifs is 1. The first-order valence-electron chi connectivity index (χ1n) is 18.1. The Balaban J connectivity index is 1.65. The zero-order valence-electron chi connectivity index (χ0n) is 31.7. The summed E-state index contributed by atoms with van der Waals surface area (Å²) in [5.41, 5.74) is 1.22. The van der Waals surface area contributed by atoms with E-state index in [9.17, 15) is 22.4 Å². The molecule has 0 bridgehead atoms. The fourth-order valence-corrected chi connectivity index (χ4v) is 7.07. The van der Waals surface area contributed by atoms with Gasteiger partial charge in [0.2, 0.25) is 10.0 Å². The van der Waals surface area contributed by atoms with E-state index in [1.807, 2.05) is 39.0 Å². The molecule has 3 aromatic carbocycles. The number of halogens is 1. The summed E-state index contributed by atoms with van der Waals surface area (Å²) in [6.07, 6.45) is 1.28. The minimum absolute atomic E-state index is 0.00906. The predicted octanol–water partition coefficient (Wildman–Crippen LogP) is 6.23. The fourth-order valence-electron chi connectivity index (χ4n) is 5.89. The average molecular weight is 773 g/mol. The van der Waals surface area contributed by atoms with Crippen molar-refractivity contribution in [2.75, 3.05) is 71.1 Å². The summed E-state index contributed by atoms with van der Waals surface area (Å²) < 4.78 is 70.8. The molecular formula is C39H53FN4O9S. The molecule has 0 spiro atoms. The Hall–Kier alpha value is -4.12. The highest BCUT2D eigenvalue weighted by Crippen LogP contribution is 2.29. The summed E-state index contributed by atoms with van der Waals surface area (Å²) in [5, 5.41) is 5.60. The molecule has 0 saturated heterocycles. The van der Waals surface area contributed by atoms with Gasteiger partial charge in [0.05, 0.1) is 48.5 Å². The fraction of sp³-hybridized carbons (Fsp3) is 0.487. The Labute approximate surface area is 318 Å². The molecule has 0 aromatic heterocycles. The van der Waals surface area contributed by atoms with Crippen LogP contribution in [0.5, 0.6) is 5.75 Å². The number of urea groups is 1. The highest BCUT2D eigenvalue weighted by atomic mass is 32.2. The number of anilines is 2. The van der Waals surface area contributed by atoms with E-state index in [0.717, 1.165) is 18.6 Å². The van der Waals surface area contributed by atoms with Crippen molar-refractivity contribution in [3.63, 3.8) is 0 Å².